The van der Waals surface area contributed by atoms with Gasteiger partial charge in [-0.3, -0.25) is 9.59 Å². The van der Waals surface area contributed by atoms with Crippen molar-refractivity contribution >= 4 is 11.9 Å². The highest BCUT2D eigenvalue weighted by atomic mass is 16.7. The van der Waals surface area contributed by atoms with E-state index in [1.165, 1.54) is 13.8 Å². The summed E-state index contributed by atoms with van der Waals surface area (Å²) in [5.41, 5.74) is 1.43. The minimum Gasteiger partial charge on any atom is -0.497 e. The molecule has 5 nitrogen and oxygen atoms in total. The molecule has 0 saturated carbocycles. The minimum absolute atomic E-state index is 0.522. The molecular weight excluding hydrogens is 284 g/mol. The molecule has 118 valence electrons. The SMILES string of the molecule is C=C(C)C(c1cccc(OC)c1)C1C(=O)OC(C)(C)OC1=O. The zero-order chi connectivity index (χ0) is 16.5. The van der Waals surface area contributed by atoms with Gasteiger partial charge in [-0.15, -0.1) is 0 Å². The third-order valence-electron chi connectivity index (χ3n) is 3.52. The molecule has 0 amide bonds. The van der Waals surface area contributed by atoms with Crippen LogP contribution in [0, 0.1) is 5.92 Å². The monoisotopic (exact) mass is 304 g/mol. The average molecular weight is 304 g/mol. The first kappa shape index (κ1) is 16.1. The number of rotatable bonds is 4. The number of ether oxygens (including phenoxy) is 3. The summed E-state index contributed by atoms with van der Waals surface area (Å²) in [7, 11) is 1.56. The molecule has 22 heavy (non-hydrogen) atoms. The summed E-state index contributed by atoms with van der Waals surface area (Å²) in [5, 5.41) is 0. The van der Waals surface area contributed by atoms with E-state index in [1.54, 1.807) is 32.2 Å². The normalized spacial score (nSPS) is 19.1. The van der Waals surface area contributed by atoms with E-state index in [9.17, 15) is 9.59 Å². The molecule has 5 heteroatoms. The fourth-order valence-electron chi connectivity index (χ4n) is 2.60. The number of carbonyl (C=O) groups is 2. The Hall–Kier alpha value is -2.30. The molecule has 1 heterocycles. The van der Waals surface area contributed by atoms with Crippen molar-refractivity contribution < 1.29 is 23.8 Å². The molecule has 1 aromatic carbocycles. The number of esters is 2. The Morgan fingerprint density at radius 3 is 2.36 bits per heavy atom. The number of methoxy groups -OCH3 is 1. The molecule has 0 aromatic heterocycles. The highest BCUT2D eigenvalue weighted by Crippen LogP contribution is 2.38. The van der Waals surface area contributed by atoms with Gasteiger partial charge in [0.15, 0.2) is 5.92 Å². The summed E-state index contributed by atoms with van der Waals surface area (Å²) in [5.74, 6) is -3.38. The van der Waals surface area contributed by atoms with E-state index in [-0.39, 0.29) is 0 Å². The van der Waals surface area contributed by atoms with Crippen molar-refractivity contribution in [2.45, 2.75) is 32.5 Å². The Morgan fingerprint density at radius 1 is 1.27 bits per heavy atom. The van der Waals surface area contributed by atoms with Crippen LogP contribution in [0.1, 0.15) is 32.3 Å². The van der Waals surface area contributed by atoms with E-state index in [4.69, 9.17) is 14.2 Å². The summed E-state index contributed by atoms with van der Waals surface area (Å²) in [6.07, 6.45) is 0. The second-order valence-electron chi connectivity index (χ2n) is 5.82. The summed E-state index contributed by atoms with van der Waals surface area (Å²) >= 11 is 0. The van der Waals surface area contributed by atoms with Gasteiger partial charge in [0, 0.05) is 19.8 Å². The zero-order valence-electron chi connectivity index (χ0n) is 13.2. The lowest BCUT2D eigenvalue weighted by molar-refractivity contribution is -0.240. The predicted octanol–water partition coefficient (Wildman–Crippen LogP) is 2.81. The van der Waals surface area contributed by atoms with Crippen LogP contribution in [-0.2, 0) is 19.1 Å². The smallest absolute Gasteiger partial charge is 0.324 e. The van der Waals surface area contributed by atoms with E-state index >= 15 is 0 Å². The maximum atomic E-state index is 12.3. The zero-order valence-corrected chi connectivity index (χ0v) is 13.2. The van der Waals surface area contributed by atoms with E-state index in [0.29, 0.717) is 11.3 Å². The standard InChI is InChI=1S/C17H20O5/c1-10(2)13(11-7-6-8-12(9-11)20-5)14-15(18)21-17(3,4)22-16(14)19/h6-9,13-14H,1H2,2-5H3. The van der Waals surface area contributed by atoms with Crippen molar-refractivity contribution in [2.75, 3.05) is 7.11 Å². The third-order valence-corrected chi connectivity index (χ3v) is 3.52. The fourth-order valence-corrected chi connectivity index (χ4v) is 2.60. The van der Waals surface area contributed by atoms with Crippen LogP contribution in [0.4, 0.5) is 0 Å². The molecule has 1 atom stereocenters. The van der Waals surface area contributed by atoms with Gasteiger partial charge >= 0.3 is 11.9 Å². The topological polar surface area (TPSA) is 61.8 Å². The van der Waals surface area contributed by atoms with Crippen LogP contribution >= 0.6 is 0 Å². The summed E-state index contributed by atoms with van der Waals surface area (Å²) in [6.45, 7) is 8.74. The van der Waals surface area contributed by atoms with Crippen LogP contribution in [0.25, 0.3) is 0 Å². The van der Waals surface area contributed by atoms with Gasteiger partial charge in [-0.05, 0) is 24.6 Å². The maximum absolute atomic E-state index is 12.3. The fraction of sp³-hybridized carbons (Fsp3) is 0.412. The summed E-state index contributed by atoms with van der Waals surface area (Å²) in [6, 6.07) is 7.19. The molecule has 1 saturated heterocycles. The third kappa shape index (κ3) is 3.13. The molecule has 1 unspecified atom stereocenters. The molecule has 0 N–H and O–H groups in total. The van der Waals surface area contributed by atoms with Gasteiger partial charge in [-0.2, -0.15) is 0 Å². The molecule has 0 bridgehead atoms. The van der Waals surface area contributed by atoms with Gasteiger partial charge in [0.25, 0.3) is 5.79 Å². The number of allylic oxidation sites excluding steroid dienone is 1. The number of benzene rings is 1. The lowest BCUT2D eigenvalue weighted by Gasteiger charge is -2.36. The van der Waals surface area contributed by atoms with E-state index in [0.717, 1.165) is 5.56 Å². The second kappa shape index (κ2) is 5.83. The van der Waals surface area contributed by atoms with Gasteiger partial charge in [0.05, 0.1) is 7.11 Å². The first-order chi connectivity index (χ1) is 10.2. The van der Waals surface area contributed by atoms with Crippen LogP contribution in [0.3, 0.4) is 0 Å². The average Bonchev–Trinajstić information content (AvgIpc) is 2.41. The predicted molar refractivity (Wildman–Crippen MR) is 80.3 cm³/mol. The van der Waals surface area contributed by atoms with Gasteiger partial charge in [-0.1, -0.05) is 24.3 Å². The Balaban J connectivity index is 2.42. The lowest BCUT2D eigenvalue weighted by atomic mass is 9.81. The number of carbonyl (C=O) groups excluding carboxylic acids is 2. The molecule has 1 aromatic rings. The Bertz CT molecular complexity index is 597. The van der Waals surface area contributed by atoms with Crippen LogP contribution < -0.4 is 4.74 Å². The molecule has 0 radical (unpaired) electrons. The van der Waals surface area contributed by atoms with Crippen molar-refractivity contribution in [1.82, 2.24) is 0 Å². The van der Waals surface area contributed by atoms with Crippen molar-refractivity contribution in [3.05, 3.63) is 42.0 Å². The first-order valence-corrected chi connectivity index (χ1v) is 7.00. The first-order valence-electron chi connectivity index (χ1n) is 7.00. The summed E-state index contributed by atoms with van der Waals surface area (Å²) < 4.78 is 15.6. The Kier molecular flexibility index (Phi) is 4.26. The van der Waals surface area contributed by atoms with Gasteiger partial charge in [0.2, 0.25) is 0 Å². The Morgan fingerprint density at radius 2 is 1.86 bits per heavy atom. The van der Waals surface area contributed by atoms with Crippen LogP contribution in [0.2, 0.25) is 0 Å². The van der Waals surface area contributed by atoms with Crippen molar-refractivity contribution in [3.8, 4) is 5.75 Å². The van der Waals surface area contributed by atoms with Crippen LogP contribution in [0.5, 0.6) is 5.75 Å². The second-order valence-corrected chi connectivity index (χ2v) is 5.82. The van der Waals surface area contributed by atoms with Gasteiger partial charge in [0.1, 0.15) is 5.75 Å². The van der Waals surface area contributed by atoms with Gasteiger partial charge < -0.3 is 14.2 Å². The quantitative estimate of drug-likeness (QED) is 0.486. The van der Waals surface area contributed by atoms with Gasteiger partial charge in [-0.25, -0.2) is 0 Å². The van der Waals surface area contributed by atoms with Crippen molar-refractivity contribution in [3.63, 3.8) is 0 Å². The Labute approximate surface area is 129 Å². The molecular formula is C17H20O5. The van der Waals surface area contributed by atoms with Crippen LogP contribution in [0.15, 0.2) is 36.4 Å². The molecule has 1 fully saturated rings. The molecule has 1 aliphatic rings. The van der Waals surface area contributed by atoms with E-state index in [2.05, 4.69) is 6.58 Å². The lowest BCUT2D eigenvalue weighted by Crippen LogP contribution is -2.48. The number of hydrogen-bond acceptors (Lipinski definition) is 5. The molecule has 1 aliphatic heterocycles. The van der Waals surface area contributed by atoms with Crippen molar-refractivity contribution in [1.29, 1.82) is 0 Å². The molecule has 2 rings (SSSR count). The molecule has 0 spiro atoms. The number of cyclic esters (lactones) is 2. The highest BCUT2D eigenvalue weighted by Gasteiger charge is 2.47. The number of hydrogen-bond donors (Lipinski definition) is 0. The van der Waals surface area contributed by atoms with E-state index < -0.39 is 29.6 Å². The van der Waals surface area contributed by atoms with Crippen molar-refractivity contribution in [2.24, 2.45) is 5.92 Å². The minimum atomic E-state index is -1.24. The summed E-state index contributed by atoms with van der Waals surface area (Å²) in [4.78, 5) is 24.6. The van der Waals surface area contributed by atoms with Crippen LogP contribution in [-0.4, -0.2) is 24.8 Å². The largest absolute Gasteiger partial charge is 0.497 e. The molecule has 0 aliphatic carbocycles. The van der Waals surface area contributed by atoms with E-state index in [1.807, 2.05) is 6.07 Å². The maximum Gasteiger partial charge on any atom is 0.324 e. The highest BCUT2D eigenvalue weighted by molar-refractivity contribution is 5.98.